The number of nitrogens with zero attached hydrogens (tertiary/aromatic N) is 2. The Kier molecular flexibility index (Phi) is 4.55. The molecule has 5 heteroatoms. The zero-order valence-electron chi connectivity index (χ0n) is 12.7. The molecule has 0 unspecified atom stereocenters. The highest BCUT2D eigenvalue weighted by Crippen LogP contribution is 2.29. The van der Waals surface area contributed by atoms with Crippen molar-refractivity contribution in [1.82, 2.24) is 5.43 Å². The molecule has 1 aliphatic rings. The molecule has 2 aromatic carbocycles. The summed E-state index contributed by atoms with van der Waals surface area (Å²) in [7, 11) is 0. The van der Waals surface area contributed by atoms with E-state index in [-0.39, 0.29) is 12.2 Å². The summed E-state index contributed by atoms with van der Waals surface area (Å²) in [5.74, 6) is 1.09. The molecule has 1 N–H and O–H groups in total. The number of anilines is 1. The lowest BCUT2D eigenvalue weighted by molar-refractivity contribution is 0.0998. The number of ketones is 1. The van der Waals surface area contributed by atoms with E-state index in [1.54, 1.807) is 6.07 Å². The second-order valence-electron chi connectivity index (χ2n) is 5.27. The Bertz CT molecular complexity index is 732. The summed E-state index contributed by atoms with van der Waals surface area (Å²) in [6.45, 7) is 1.72. The van der Waals surface area contributed by atoms with Gasteiger partial charge in [0.1, 0.15) is 11.5 Å². The van der Waals surface area contributed by atoms with Crippen LogP contribution in [0, 0.1) is 11.3 Å². The van der Waals surface area contributed by atoms with Crippen molar-refractivity contribution >= 4 is 11.5 Å². The largest absolute Gasteiger partial charge is 0.457 e. The minimum atomic E-state index is -0.199. The van der Waals surface area contributed by atoms with Crippen LogP contribution in [-0.2, 0) is 0 Å². The van der Waals surface area contributed by atoms with Gasteiger partial charge in [0, 0.05) is 18.7 Å². The van der Waals surface area contributed by atoms with E-state index in [0.717, 1.165) is 25.2 Å². The van der Waals surface area contributed by atoms with E-state index in [0.29, 0.717) is 17.1 Å². The van der Waals surface area contributed by atoms with E-state index >= 15 is 0 Å². The number of nitrogens with one attached hydrogen (secondary N) is 1. The fourth-order valence-electron chi connectivity index (χ4n) is 2.56. The molecule has 0 bridgehead atoms. The van der Waals surface area contributed by atoms with Crippen molar-refractivity contribution in [1.29, 1.82) is 5.26 Å². The highest BCUT2D eigenvalue weighted by Gasteiger charge is 2.20. The van der Waals surface area contributed by atoms with Gasteiger partial charge in [0.15, 0.2) is 5.78 Å². The van der Waals surface area contributed by atoms with E-state index in [2.05, 4.69) is 5.43 Å². The van der Waals surface area contributed by atoms with Crippen molar-refractivity contribution in [2.45, 2.75) is 12.8 Å². The molecule has 0 saturated carbocycles. The van der Waals surface area contributed by atoms with Gasteiger partial charge in [-0.1, -0.05) is 18.2 Å². The van der Waals surface area contributed by atoms with Crippen LogP contribution in [0.2, 0.25) is 0 Å². The van der Waals surface area contributed by atoms with Crippen LogP contribution in [0.25, 0.3) is 0 Å². The number of nitriles is 1. The molecule has 1 aliphatic heterocycles. The Hall–Kier alpha value is -2.84. The number of carbonyl (C=O) groups is 1. The van der Waals surface area contributed by atoms with Gasteiger partial charge in [-0.3, -0.25) is 4.79 Å². The molecular formula is C18H17N3O2. The molecule has 0 amide bonds. The Balaban J connectivity index is 1.92. The predicted molar refractivity (Wildman–Crippen MR) is 87.5 cm³/mol. The maximum absolute atomic E-state index is 12.3. The summed E-state index contributed by atoms with van der Waals surface area (Å²) in [6.07, 6.45) is 0.879. The molecule has 0 radical (unpaired) electrons. The van der Waals surface area contributed by atoms with E-state index < -0.39 is 0 Å². The number of hydrogen-bond donors (Lipinski definition) is 1. The number of carbonyl (C=O) groups excluding carboxylic acids is 1. The third kappa shape index (κ3) is 3.50. The van der Waals surface area contributed by atoms with Crippen molar-refractivity contribution in [2.24, 2.45) is 0 Å². The van der Waals surface area contributed by atoms with Crippen molar-refractivity contribution in [3.8, 4) is 17.6 Å². The van der Waals surface area contributed by atoms with Crippen molar-refractivity contribution in [3.63, 3.8) is 0 Å². The predicted octanol–water partition coefficient (Wildman–Crippen LogP) is 3.29. The van der Waals surface area contributed by atoms with Gasteiger partial charge < -0.3 is 9.75 Å². The smallest absolute Gasteiger partial charge is 0.179 e. The maximum atomic E-state index is 12.3. The van der Waals surface area contributed by atoms with Crippen molar-refractivity contribution in [3.05, 3.63) is 54.1 Å². The first kappa shape index (κ1) is 15.1. The fourth-order valence-corrected chi connectivity index (χ4v) is 2.56. The number of Topliss-reactive ketones (excluding diaryl/α,β-unsaturated/α-hetero) is 1. The zero-order valence-corrected chi connectivity index (χ0v) is 12.7. The SMILES string of the molecule is N#CCC(=O)c1cc(Oc2ccccc2)ccc1N1CCCN1. The van der Waals surface area contributed by atoms with Gasteiger partial charge in [0.2, 0.25) is 0 Å². The second-order valence-corrected chi connectivity index (χ2v) is 5.27. The molecule has 3 rings (SSSR count). The second kappa shape index (κ2) is 6.95. The topological polar surface area (TPSA) is 65.4 Å². The van der Waals surface area contributed by atoms with Crippen LogP contribution in [-0.4, -0.2) is 18.9 Å². The highest BCUT2D eigenvalue weighted by molar-refractivity contribution is 6.02. The lowest BCUT2D eigenvalue weighted by atomic mass is 10.1. The first-order chi connectivity index (χ1) is 11.3. The molecule has 1 heterocycles. The average Bonchev–Trinajstić information content (AvgIpc) is 3.10. The van der Waals surface area contributed by atoms with Gasteiger partial charge in [-0.05, 0) is 36.8 Å². The third-order valence-electron chi connectivity index (χ3n) is 3.64. The molecule has 5 nitrogen and oxygen atoms in total. The minimum absolute atomic E-state index is 0.143. The minimum Gasteiger partial charge on any atom is -0.457 e. The summed E-state index contributed by atoms with van der Waals surface area (Å²) in [5, 5.41) is 10.8. The lowest BCUT2D eigenvalue weighted by Crippen LogP contribution is -2.31. The summed E-state index contributed by atoms with van der Waals surface area (Å²) >= 11 is 0. The van der Waals surface area contributed by atoms with Gasteiger partial charge in [-0.15, -0.1) is 0 Å². The lowest BCUT2D eigenvalue weighted by Gasteiger charge is -2.21. The Morgan fingerprint density at radius 3 is 2.74 bits per heavy atom. The molecule has 2 aromatic rings. The van der Waals surface area contributed by atoms with Gasteiger partial charge in [0.25, 0.3) is 0 Å². The number of para-hydroxylation sites is 1. The standard InChI is InChI=1S/C18H17N3O2/c19-10-9-18(22)16-13-15(23-14-5-2-1-3-6-14)7-8-17(16)21-12-4-11-20-21/h1-3,5-8,13,20H,4,9,11-12H2. The Morgan fingerprint density at radius 2 is 2.04 bits per heavy atom. The number of benzene rings is 2. The number of hydrazine groups is 1. The van der Waals surface area contributed by atoms with Crippen LogP contribution in [0.5, 0.6) is 11.5 Å². The Morgan fingerprint density at radius 1 is 1.22 bits per heavy atom. The highest BCUT2D eigenvalue weighted by atomic mass is 16.5. The molecular weight excluding hydrogens is 290 g/mol. The van der Waals surface area contributed by atoms with Gasteiger partial charge in [0.05, 0.1) is 18.2 Å². The number of ether oxygens (including phenoxy) is 1. The van der Waals surface area contributed by atoms with Crippen LogP contribution in [0.15, 0.2) is 48.5 Å². The monoisotopic (exact) mass is 307 g/mol. The molecule has 1 fully saturated rings. The van der Waals surface area contributed by atoms with Crippen LogP contribution in [0.4, 0.5) is 5.69 Å². The molecule has 0 atom stereocenters. The van der Waals surface area contributed by atoms with Crippen molar-refractivity contribution in [2.75, 3.05) is 18.1 Å². The summed E-state index contributed by atoms with van der Waals surface area (Å²) < 4.78 is 5.79. The van der Waals surface area contributed by atoms with Gasteiger partial charge in [-0.25, -0.2) is 5.43 Å². The Labute approximate surface area is 135 Å². The molecule has 116 valence electrons. The molecule has 0 aliphatic carbocycles. The summed E-state index contributed by atoms with van der Waals surface area (Å²) in [5.41, 5.74) is 4.54. The van der Waals surface area contributed by atoms with Crippen molar-refractivity contribution < 1.29 is 9.53 Å². The zero-order chi connectivity index (χ0) is 16.1. The molecule has 0 spiro atoms. The van der Waals surface area contributed by atoms with Gasteiger partial charge >= 0.3 is 0 Å². The van der Waals surface area contributed by atoms with E-state index in [1.807, 2.05) is 53.5 Å². The van der Waals surface area contributed by atoms with Crippen LogP contribution in [0.3, 0.4) is 0 Å². The summed E-state index contributed by atoms with van der Waals surface area (Å²) in [4.78, 5) is 12.3. The van der Waals surface area contributed by atoms with E-state index in [1.165, 1.54) is 0 Å². The van der Waals surface area contributed by atoms with E-state index in [9.17, 15) is 4.79 Å². The fraction of sp³-hybridized carbons (Fsp3) is 0.222. The molecule has 0 aromatic heterocycles. The maximum Gasteiger partial charge on any atom is 0.179 e. The molecule has 23 heavy (non-hydrogen) atoms. The van der Waals surface area contributed by atoms with Gasteiger partial charge in [-0.2, -0.15) is 5.26 Å². The average molecular weight is 307 g/mol. The first-order valence-electron chi connectivity index (χ1n) is 7.56. The quantitative estimate of drug-likeness (QED) is 0.859. The normalized spacial score (nSPS) is 13.6. The number of rotatable bonds is 5. The van der Waals surface area contributed by atoms with Crippen LogP contribution < -0.4 is 15.2 Å². The third-order valence-corrected chi connectivity index (χ3v) is 3.64. The number of hydrogen-bond acceptors (Lipinski definition) is 5. The van der Waals surface area contributed by atoms with Crippen LogP contribution in [0.1, 0.15) is 23.2 Å². The van der Waals surface area contributed by atoms with E-state index in [4.69, 9.17) is 10.00 Å². The molecule has 1 saturated heterocycles. The van der Waals surface area contributed by atoms with Crippen LogP contribution >= 0.6 is 0 Å². The first-order valence-corrected chi connectivity index (χ1v) is 7.56. The summed E-state index contributed by atoms with van der Waals surface area (Å²) in [6, 6.07) is 16.7.